The van der Waals surface area contributed by atoms with Crippen LogP contribution in [-0.4, -0.2) is 180 Å². The molecule has 0 radical (unpaired) electrons. The zero-order chi connectivity index (χ0) is 68.0. The molecule has 2 saturated heterocycles. The lowest BCUT2D eigenvalue weighted by atomic mass is 9.83. The van der Waals surface area contributed by atoms with Crippen molar-refractivity contribution in [2.45, 2.75) is 172 Å². The van der Waals surface area contributed by atoms with Gasteiger partial charge in [-0.1, -0.05) is 101 Å². The van der Waals surface area contributed by atoms with Gasteiger partial charge in [0.05, 0.1) is 42.6 Å². The van der Waals surface area contributed by atoms with E-state index < -0.39 is 119 Å². The number of aromatic nitrogens is 1. The maximum Gasteiger partial charge on any atom is 0.409 e. The van der Waals surface area contributed by atoms with Gasteiger partial charge in [-0.2, -0.15) is 0 Å². The molecule has 92 heavy (non-hydrogen) atoms. The van der Waals surface area contributed by atoms with Crippen LogP contribution in [-0.2, 0) is 58.9 Å². The molecule has 25 nitrogen and oxygen atoms in total. The van der Waals surface area contributed by atoms with E-state index in [0.717, 1.165) is 22.3 Å². The first kappa shape index (κ1) is 74.3. The van der Waals surface area contributed by atoms with Crippen LogP contribution in [0.15, 0.2) is 66.4 Å². The fourth-order valence-corrected chi connectivity index (χ4v) is 13.0. The number of unbranched alkanes of at least 4 members (excludes halogenated alkanes) is 1. The number of nitrogens with one attached hydrogen (secondary N) is 5. The number of fused-ring (bicyclic) bond motifs is 6. The Bertz CT molecular complexity index is 3260. The van der Waals surface area contributed by atoms with Gasteiger partial charge in [0, 0.05) is 74.3 Å². The number of ether oxygens (including phenoxy) is 6. The molecule has 8 amide bonds. The van der Waals surface area contributed by atoms with Gasteiger partial charge >= 0.3 is 18.1 Å². The van der Waals surface area contributed by atoms with E-state index >= 15 is 0 Å². The van der Waals surface area contributed by atoms with Gasteiger partial charge < -0.3 is 75.1 Å². The number of benzene rings is 2. The number of allylic oxidation sites excluding steroid dienone is 3. The van der Waals surface area contributed by atoms with E-state index in [1.807, 2.05) is 19.9 Å². The van der Waals surface area contributed by atoms with Gasteiger partial charge in [-0.25, -0.2) is 14.4 Å². The predicted molar refractivity (Wildman–Crippen MR) is 352 cm³/mol. The monoisotopic (exact) mass is 1430 g/mol. The molecule has 3 aliphatic heterocycles. The quantitative estimate of drug-likeness (QED) is 0.0139. The molecule has 6 rings (SSSR count). The van der Waals surface area contributed by atoms with Crippen LogP contribution in [0.3, 0.4) is 0 Å². The number of aldehydes is 1. The first-order valence-corrected chi connectivity index (χ1v) is 33.1. The second-order valence-electron chi connectivity index (χ2n) is 24.3. The highest BCUT2D eigenvalue weighted by molar-refractivity contribution is 9.10. The van der Waals surface area contributed by atoms with Crippen molar-refractivity contribution >= 4 is 120 Å². The second-order valence-corrected chi connectivity index (χ2v) is 25.8. The summed E-state index contributed by atoms with van der Waals surface area (Å²) in [6.07, 6.45) is 3.84. The number of methoxy groups -OCH3 is 2. The maximum absolute atomic E-state index is 14.7. The van der Waals surface area contributed by atoms with Gasteiger partial charge in [0.25, 0.3) is 5.91 Å². The topological polar surface area (TPSA) is 338 Å². The highest BCUT2D eigenvalue weighted by Crippen LogP contribution is 2.49. The summed E-state index contributed by atoms with van der Waals surface area (Å²) in [5, 5.41) is 26.5. The molecule has 1 unspecified atom stereocenters. The Morgan fingerprint density at radius 2 is 1.75 bits per heavy atom. The summed E-state index contributed by atoms with van der Waals surface area (Å²) < 4.78 is 35.7. The zero-order valence-corrected chi connectivity index (χ0v) is 57.7. The summed E-state index contributed by atoms with van der Waals surface area (Å²) in [6.45, 7) is 12.2. The molecule has 4 heterocycles. The number of carbonyl (C=O) groups is 9. The Balaban J connectivity index is 1.21. The number of epoxide rings is 1. The number of rotatable bonds is 26. The van der Waals surface area contributed by atoms with E-state index in [1.165, 1.54) is 58.5 Å². The summed E-state index contributed by atoms with van der Waals surface area (Å²) in [6, 6.07) is 5.25. The van der Waals surface area contributed by atoms with Gasteiger partial charge in [-0.15, -0.1) is 0 Å². The fourth-order valence-electron chi connectivity index (χ4n) is 11.2. The van der Waals surface area contributed by atoms with Crippen molar-refractivity contribution in [1.82, 2.24) is 31.2 Å². The van der Waals surface area contributed by atoms with Crippen LogP contribution < -0.4 is 42.0 Å². The first-order chi connectivity index (χ1) is 43.5. The first-order valence-electron chi connectivity index (χ1n) is 30.4. The summed E-state index contributed by atoms with van der Waals surface area (Å²) in [7, 11) is 5.78. The number of alkyl halides is 2. The number of aliphatic hydroxyl groups is 1. The number of hydrogen-bond donors (Lipinski definition) is 7. The molecule has 2 aromatic carbocycles. The number of amides is 8. The standard InChI is InChI=1S/C64H86Br2ClN9O16/c1-35(2)53(73-50(78)22-13-12-18-37(4)91-63(32-65,33-66)34-77)57(81)72-44(20-16-26-70-60(68)84)56(80)71-43-24-23-42(41-19-15-25-69-54(41)43)58(82)75(8)39(6)59(83)90-49-30-51(79)76(9)45-28-40(29-46(87-10)52(45)67)27-36(3)17-14-21-48(88-11)64(86)31-47(89-61(85)74-64)38(5)55-62(49,7)92-55/h14-15,17,19,21,23-25,28-29,34-35,37-39,44,47-49,53,55,86H,12-13,16,18,20,22,26-27,30-33H2,1-11H3,(H,71,80)(H,72,81)(H,73,78)(H,74,85)(H3,68,70,84)/b21-14+,36-17+/t37?,38-,39+,44+,47+,48-,49+,53+,55+,62+,64+/m1/s1. The molecule has 28 heteroatoms. The van der Waals surface area contributed by atoms with Crippen LogP contribution in [0.25, 0.3) is 10.9 Å². The molecule has 0 aliphatic carbocycles. The Morgan fingerprint density at radius 1 is 1.03 bits per heavy atom. The van der Waals surface area contributed by atoms with Gasteiger partial charge in [0.15, 0.2) is 12.0 Å². The number of nitrogens with zero attached hydrogens (tertiary/aromatic N) is 3. The number of halogens is 3. The van der Waals surface area contributed by atoms with E-state index in [2.05, 4.69) is 63.4 Å². The highest BCUT2D eigenvalue weighted by atomic mass is 79.9. The van der Waals surface area contributed by atoms with Crippen molar-refractivity contribution in [3.05, 3.63) is 82.5 Å². The number of esters is 1. The van der Waals surface area contributed by atoms with E-state index in [9.17, 15) is 48.3 Å². The molecule has 504 valence electrons. The van der Waals surface area contributed by atoms with Crippen molar-refractivity contribution in [3.63, 3.8) is 0 Å². The van der Waals surface area contributed by atoms with Crippen molar-refractivity contribution < 1.29 is 76.7 Å². The lowest BCUT2D eigenvalue weighted by Gasteiger charge is -2.42. The SMILES string of the molecule is COc1cc2cc(c1Cl)N(C)C(=O)C[C@H](OC(=O)[C@H](C)N(C)C(=O)c1ccc(NC(=O)[C@H](CCCNC(N)=O)NC(=O)[C@@H](NC(=O)CCCCC(C)OC(C=O)(CBr)CBr)C(C)C)c3ncccc13)[C@]1(C)O[C@H]1[C@H](C)[C@@H]1C[C@@](O)(NC(=O)O1)[C@H](OC)/C=C/C=C(\C)C2. The smallest absolute Gasteiger partial charge is 0.409 e. The number of nitrogens with two attached hydrogens (primary N) is 1. The largest absolute Gasteiger partial charge is 0.495 e. The third-order valence-electron chi connectivity index (χ3n) is 16.9. The van der Waals surface area contributed by atoms with Crippen LogP contribution >= 0.6 is 43.5 Å². The molecule has 3 aliphatic rings. The number of pyridine rings is 1. The highest BCUT2D eigenvalue weighted by Gasteiger charge is 2.64. The molecule has 8 N–H and O–H groups in total. The van der Waals surface area contributed by atoms with Crippen LogP contribution in [0, 0.1) is 11.8 Å². The Hall–Kier alpha value is -6.75. The normalized spacial score (nSPS) is 24.0. The minimum absolute atomic E-state index is 0.0181. The fraction of sp³-hybridized carbons (Fsp3) is 0.562. The molecule has 4 bridgehead atoms. The third kappa shape index (κ3) is 18.5. The number of urea groups is 1. The van der Waals surface area contributed by atoms with Gasteiger partial charge in [0.2, 0.25) is 23.6 Å². The molecule has 3 aromatic rings. The molecule has 11 atom stereocenters. The molecule has 0 saturated carbocycles. The van der Waals surface area contributed by atoms with Crippen LogP contribution in [0.5, 0.6) is 5.75 Å². The van der Waals surface area contributed by atoms with Crippen molar-refractivity contribution in [3.8, 4) is 5.75 Å². The minimum atomic E-state index is -1.93. The number of carbonyl (C=O) groups excluding carboxylic acids is 9. The lowest BCUT2D eigenvalue weighted by Crippen LogP contribution is -2.63. The Kier molecular flexibility index (Phi) is 26.6. The summed E-state index contributed by atoms with van der Waals surface area (Å²) in [5.74, 6) is -4.56. The van der Waals surface area contributed by atoms with Crippen LogP contribution in [0.4, 0.5) is 21.0 Å². The van der Waals surface area contributed by atoms with Gasteiger partial charge in [-0.3, -0.25) is 34.3 Å². The van der Waals surface area contributed by atoms with E-state index in [0.29, 0.717) is 47.8 Å². The van der Waals surface area contributed by atoms with E-state index in [1.54, 1.807) is 64.1 Å². The third-order valence-corrected chi connectivity index (χ3v) is 19.2. The minimum Gasteiger partial charge on any atom is -0.495 e. The average molecular weight is 1430 g/mol. The number of alkyl carbamates (subject to hydrolysis) is 1. The van der Waals surface area contributed by atoms with Crippen molar-refractivity contribution in [2.75, 3.05) is 55.7 Å². The predicted octanol–water partition coefficient (Wildman–Crippen LogP) is 7.08. The van der Waals surface area contributed by atoms with E-state index in [-0.39, 0.29) is 71.4 Å². The van der Waals surface area contributed by atoms with Crippen molar-refractivity contribution in [1.29, 1.82) is 0 Å². The molecule has 1 aromatic heterocycles. The van der Waals surface area contributed by atoms with Gasteiger partial charge in [0.1, 0.15) is 58.4 Å². The number of likely N-dealkylation sites (N-methyl/N-ethyl adjacent to an activating group) is 1. The van der Waals surface area contributed by atoms with Crippen LogP contribution in [0.2, 0.25) is 5.02 Å². The maximum atomic E-state index is 14.7. The van der Waals surface area contributed by atoms with Gasteiger partial charge in [-0.05, 0) is 102 Å². The molecular weight excluding hydrogens is 1350 g/mol. The number of anilines is 2. The molecule has 0 spiro atoms. The Labute approximate surface area is 557 Å². The molecule has 2 fully saturated rings. The average Bonchev–Trinajstić information content (AvgIpc) is 1.56. The van der Waals surface area contributed by atoms with Crippen LogP contribution in [0.1, 0.15) is 116 Å². The summed E-state index contributed by atoms with van der Waals surface area (Å²) in [5.41, 5.74) is 3.30. The molecular formula is C64H86Br2ClN9O16. The van der Waals surface area contributed by atoms with Crippen molar-refractivity contribution in [2.24, 2.45) is 17.6 Å². The summed E-state index contributed by atoms with van der Waals surface area (Å²) >= 11 is 13.5. The van der Waals surface area contributed by atoms with E-state index in [4.69, 9.17) is 45.8 Å². The zero-order valence-electron chi connectivity index (χ0n) is 53.7. The Morgan fingerprint density at radius 3 is 2.40 bits per heavy atom. The second kappa shape index (κ2) is 32.9. The number of hydrogen-bond acceptors (Lipinski definition) is 17. The number of primary amides is 1. The summed E-state index contributed by atoms with van der Waals surface area (Å²) in [4.78, 5) is 129. The lowest BCUT2D eigenvalue weighted by molar-refractivity contribution is -0.158.